The Morgan fingerprint density at radius 1 is 1.12 bits per heavy atom. The summed E-state index contributed by atoms with van der Waals surface area (Å²) in [6, 6.07) is 15.3. The van der Waals surface area contributed by atoms with E-state index in [9.17, 15) is 24.6 Å². The van der Waals surface area contributed by atoms with Gasteiger partial charge in [0.15, 0.2) is 0 Å². The number of hydrogen-bond donors (Lipinski definition) is 2. The van der Waals surface area contributed by atoms with E-state index in [1.54, 1.807) is 17.9 Å². The summed E-state index contributed by atoms with van der Waals surface area (Å²) in [5, 5.41) is 21.1. The zero-order valence-electron chi connectivity index (χ0n) is 25.5. The largest absolute Gasteiger partial charge is 0.481 e. The number of likely N-dealkylation sites (tertiary alicyclic amines) is 1. The molecule has 0 aliphatic carbocycles. The van der Waals surface area contributed by atoms with Crippen molar-refractivity contribution in [2.75, 3.05) is 36.0 Å². The molecule has 2 amide bonds. The number of nitrogens with zero attached hydrogens (tertiary/aromatic N) is 3. The first-order chi connectivity index (χ1) is 20.6. The van der Waals surface area contributed by atoms with Gasteiger partial charge < -0.3 is 29.6 Å². The fourth-order valence-electron chi connectivity index (χ4n) is 7.89. The van der Waals surface area contributed by atoms with E-state index in [0.717, 1.165) is 24.3 Å². The van der Waals surface area contributed by atoms with Gasteiger partial charge in [0.05, 0.1) is 24.2 Å². The van der Waals surface area contributed by atoms with Gasteiger partial charge >= 0.3 is 5.97 Å². The number of aliphatic hydroxyl groups is 1. The van der Waals surface area contributed by atoms with Crippen LogP contribution in [-0.2, 0) is 25.5 Å². The number of carboxylic acid groups (broad SMARTS) is 1. The number of carboxylic acids is 1. The Balaban J connectivity index is 1.61. The molecule has 2 N–H and O–H groups in total. The minimum absolute atomic E-state index is 0.181. The number of fused-ring (bicyclic) bond motifs is 1. The van der Waals surface area contributed by atoms with Crippen molar-refractivity contribution in [3.63, 3.8) is 0 Å². The number of benzene rings is 2. The number of aliphatic hydroxyl groups excluding tert-OH is 1. The normalized spacial score (nSPS) is 29.8. The number of rotatable bonds is 12. The first-order valence-corrected chi connectivity index (χ1v) is 15.2. The zero-order valence-corrected chi connectivity index (χ0v) is 25.5. The van der Waals surface area contributed by atoms with Crippen molar-refractivity contribution in [2.24, 2.45) is 17.8 Å². The average Bonchev–Trinajstić information content (AvgIpc) is 3.52. The monoisotopic (exact) mass is 589 g/mol. The van der Waals surface area contributed by atoms with Crippen LogP contribution in [0.5, 0.6) is 0 Å². The number of carbonyl (C=O) groups excluding carboxylic acids is 2. The Kier molecular flexibility index (Phi) is 8.42. The highest BCUT2D eigenvalue weighted by molar-refractivity contribution is 6.05. The Hall–Kier alpha value is -3.69. The first kappa shape index (κ1) is 30.8. The maximum absolute atomic E-state index is 14.9. The number of anilines is 2. The van der Waals surface area contributed by atoms with Crippen molar-refractivity contribution in [2.45, 2.75) is 63.8 Å². The molecule has 3 unspecified atom stereocenters. The highest BCUT2D eigenvalue weighted by Crippen LogP contribution is 2.65. The van der Waals surface area contributed by atoms with Gasteiger partial charge in [0, 0.05) is 31.0 Å². The molecule has 9 nitrogen and oxygen atoms in total. The molecular formula is C34H43N3O6. The predicted octanol–water partition coefficient (Wildman–Crippen LogP) is 3.75. The smallest absolute Gasteiger partial charge is 0.310 e. The molecule has 2 bridgehead atoms. The lowest BCUT2D eigenvalue weighted by Crippen LogP contribution is -2.59. The second-order valence-corrected chi connectivity index (χ2v) is 12.2. The molecular weight excluding hydrogens is 546 g/mol. The van der Waals surface area contributed by atoms with Crippen LogP contribution in [0, 0.1) is 17.8 Å². The molecule has 1 spiro atoms. The summed E-state index contributed by atoms with van der Waals surface area (Å²) < 4.78 is 6.68. The molecule has 3 fully saturated rings. The molecule has 0 aromatic heterocycles. The molecule has 0 saturated carbocycles. The zero-order chi connectivity index (χ0) is 31.1. The Morgan fingerprint density at radius 3 is 2.30 bits per heavy atom. The molecule has 3 heterocycles. The maximum atomic E-state index is 14.9. The Morgan fingerprint density at radius 2 is 1.74 bits per heavy atom. The summed E-state index contributed by atoms with van der Waals surface area (Å²) in [4.78, 5) is 47.3. The van der Waals surface area contributed by atoms with Crippen LogP contribution < -0.4 is 9.80 Å². The van der Waals surface area contributed by atoms with E-state index in [0.29, 0.717) is 18.5 Å². The highest BCUT2D eigenvalue weighted by atomic mass is 16.5. The minimum Gasteiger partial charge on any atom is -0.481 e. The molecule has 3 saturated heterocycles. The molecule has 3 aliphatic rings. The third-order valence-electron chi connectivity index (χ3n) is 10.0. The van der Waals surface area contributed by atoms with Gasteiger partial charge in [-0.05, 0) is 69.4 Å². The van der Waals surface area contributed by atoms with Crippen LogP contribution in [0.25, 0.3) is 0 Å². The van der Waals surface area contributed by atoms with Crippen LogP contribution in [0.2, 0.25) is 0 Å². The third kappa shape index (κ3) is 4.83. The van der Waals surface area contributed by atoms with E-state index in [1.807, 2.05) is 61.5 Å². The van der Waals surface area contributed by atoms with Gasteiger partial charge in [-0.2, -0.15) is 0 Å². The minimum atomic E-state index is -1.34. The van der Waals surface area contributed by atoms with Gasteiger partial charge in [-0.15, -0.1) is 6.58 Å². The van der Waals surface area contributed by atoms with Crippen molar-refractivity contribution in [1.82, 2.24) is 4.90 Å². The van der Waals surface area contributed by atoms with Crippen molar-refractivity contribution < 1.29 is 29.3 Å². The molecule has 9 heteroatoms. The summed E-state index contributed by atoms with van der Waals surface area (Å²) in [6.45, 7) is 13.2. The van der Waals surface area contributed by atoms with E-state index in [-0.39, 0.29) is 18.4 Å². The number of amides is 2. The van der Waals surface area contributed by atoms with Crippen LogP contribution in [0.1, 0.15) is 39.7 Å². The molecule has 2 aromatic carbocycles. The quantitative estimate of drug-likeness (QED) is 0.363. The lowest BCUT2D eigenvalue weighted by Gasteiger charge is -2.39. The summed E-state index contributed by atoms with van der Waals surface area (Å²) in [5.41, 5.74) is 0.127. The highest BCUT2D eigenvalue weighted by Gasteiger charge is 2.80. The second-order valence-electron chi connectivity index (χ2n) is 12.2. The van der Waals surface area contributed by atoms with Gasteiger partial charge in [0.1, 0.15) is 17.6 Å². The molecule has 3 aliphatic heterocycles. The van der Waals surface area contributed by atoms with Gasteiger partial charge in [-0.1, -0.05) is 43.3 Å². The van der Waals surface area contributed by atoms with E-state index < -0.39 is 53.6 Å². The lowest BCUT2D eigenvalue weighted by atomic mass is 9.62. The fourth-order valence-corrected chi connectivity index (χ4v) is 7.89. The summed E-state index contributed by atoms with van der Waals surface area (Å²) in [5.74, 6) is -4.29. The number of aliphatic carboxylic acids is 1. The molecule has 7 atom stereocenters. The average molecular weight is 590 g/mol. The summed E-state index contributed by atoms with van der Waals surface area (Å²) in [6.07, 6.45) is 2.31. The first-order valence-electron chi connectivity index (χ1n) is 15.2. The Bertz CT molecular complexity index is 1360. The maximum Gasteiger partial charge on any atom is 0.310 e. The van der Waals surface area contributed by atoms with E-state index in [2.05, 4.69) is 25.3 Å². The van der Waals surface area contributed by atoms with Crippen molar-refractivity contribution in [1.29, 1.82) is 0 Å². The van der Waals surface area contributed by atoms with Gasteiger partial charge in [0.25, 0.3) is 5.91 Å². The molecule has 43 heavy (non-hydrogen) atoms. The third-order valence-corrected chi connectivity index (χ3v) is 10.0. The lowest BCUT2D eigenvalue weighted by molar-refractivity contribution is -0.157. The second kappa shape index (κ2) is 11.8. The van der Waals surface area contributed by atoms with Crippen LogP contribution >= 0.6 is 0 Å². The van der Waals surface area contributed by atoms with Crippen molar-refractivity contribution in [3.8, 4) is 0 Å². The van der Waals surface area contributed by atoms with Gasteiger partial charge in [-0.25, -0.2) is 0 Å². The molecule has 230 valence electrons. The topological polar surface area (TPSA) is 111 Å². The number of hydrogen-bond acceptors (Lipinski definition) is 6. The molecule has 2 aromatic rings. The number of carbonyl (C=O) groups is 3. The van der Waals surface area contributed by atoms with Crippen LogP contribution in [0.4, 0.5) is 11.4 Å². The predicted molar refractivity (Wildman–Crippen MR) is 165 cm³/mol. The standard InChI is InChI=1S/C34H43N3O6/c1-6-18-36(25-16-14-24(15-17-25)35(7-2)8-3)31(40)29-34-20-22(4)33(5,43-34)28(32(41)42)27(34)30(39)37(29)26(21-38)19-23-12-10-9-11-13-23/h6,9-17,22,26-29,38H,1,7-8,18-21H2,2-5H3,(H,41,42)/t22?,26-,27+,28-,29?,33+,34?/m1/s1. The van der Waals surface area contributed by atoms with Crippen molar-refractivity contribution >= 4 is 29.2 Å². The van der Waals surface area contributed by atoms with Crippen LogP contribution in [0.3, 0.4) is 0 Å². The van der Waals surface area contributed by atoms with E-state index in [1.165, 1.54) is 4.90 Å². The van der Waals surface area contributed by atoms with Gasteiger partial charge in [-0.3, -0.25) is 14.4 Å². The van der Waals surface area contributed by atoms with E-state index >= 15 is 0 Å². The van der Waals surface area contributed by atoms with Crippen LogP contribution in [0.15, 0.2) is 67.3 Å². The SMILES string of the molecule is C=CCN(C(=O)C1N([C@@H](CO)Cc2ccccc2)C(=O)[C@@H]2[C@H](C(=O)O)[C@@]3(C)OC12CC3C)c1ccc(N(CC)CC)cc1. The van der Waals surface area contributed by atoms with E-state index in [4.69, 9.17) is 4.74 Å². The summed E-state index contributed by atoms with van der Waals surface area (Å²) in [7, 11) is 0. The molecule has 0 radical (unpaired) electrons. The fraction of sp³-hybridized carbons (Fsp3) is 0.500. The molecule has 5 rings (SSSR count). The van der Waals surface area contributed by atoms with Gasteiger partial charge in [0.2, 0.25) is 5.91 Å². The Labute approximate surface area is 253 Å². The van der Waals surface area contributed by atoms with Crippen molar-refractivity contribution in [3.05, 3.63) is 72.8 Å². The van der Waals surface area contributed by atoms with Crippen LogP contribution in [-0.4, -0.2) is 82.4 Å². The number of ether oxygens (including phenoxy) is 1. The summed E-state index contributed by atoms with van der Waals surface area (Å²) >= 11 is 0.